The van der Waals surface area contributed by atoms with E-state index in [0.717, 1.165) is 0 Å². The van der Waals surface area contributed by atoms with Gasteiger partial charge >= 0.3 is 5.69 Å². The van der Waals surface area contributed by atoms with Crippen molar-refractivity contribution in [1.82, 2.24) is 4.98 Å². The van der Waals surface area contributed by atoms with Gasteiger partial charge < -0.3 is 5.11 Å². The first-order chi connectivity index (χ1) is 6.49. The molecule has 1 aromatic rings. The first-order valence-electron chi connectivity index (χ1n) is 3.49. The summed E-state index contributed by atoms with van der Waals surface area (Å²) in [7, 11) is 0. The molecule has 2 N–H and O–H groups in total. The van der Waals surface area contributed by atoms with Gasteiger partial charge in [0.25, 0.3) is 11.4 Å². The quantitative estimate of drug-likeness (QED) is 0.488. The Balaban J connectivity index is 3.72. The lowest BCUT2D eigenvalue weighted by molar-refractivity contribution is -0.386. The Morgan fingerprint density at radius 3 is 2.64 bits per heavy atom. The van der Waals surface area contributed by atoms with Crippen LogP contribution in [0.4, 0.5) is 5.69 Å². The van der Waals surface area contributed by atoms with Crippen LogP contribution in [0.2, 0.25) is 0 Å². The molecular formula is C7H5N3O4. The van der Waals surface area contributed by atoms with Crippen molar-refractivity contribution < 1.29 is 10.0 Å². The van der Waals surface area contributed by atoms with Crippen LogP contribution in [0.15, 0.2) is 4.79 Å². The molecule has 0 saturated carbocycles. The maximum Gasteiger partial charge on any atom is 0.333 e. The lowest BCUT2D eigenvalue weighted by atomic mass is 10.1. The van der Waals surface area contributed by atoms with Crippen LogP contribution < -0.4 is 5.56 Å². The highest BCUT2D eigenvalue weighted by atomic mass is 16.6. The highest BCUT2D eigenvalue weighted by Gasteiger charge is 2.22. The molecule has 0 amide bonds. The SMILES string of the molecule is Cc1c([N+](=O)[O-])c(O)[nH]c(=O)c1C#N. The van der Waals surface area contributed by atoms with Gasteiger partial charge in [0.2, 0.25) is 0 Å². The summed E-state index contributed by atoms with van der Waals surface area (Å²) in [6, 6.07) is 1.53. The molecule has 0 atom stereocenters. The van der Waals surface area contributed by atoms with Gasteiger partial charge in [-0.15, -0.1) is 0 Å². The summed E-state index contributed by atoms with van der Waals surface area (Å²) in [6.07, 6.45) is 0. The molecule has 1 aromatic heterocycles. The molecule has 0 unspecified atom stereocenters. The molecule has 0 bridgehead atoms. The zero-order chi connectivity index (χ0) is 10.9. The minimum atomic E-state index is -0.860. The number of hydrogen-bond donors (Lipinski definition) is 2. The molecule has 7 heteroatoms. The Bertz CT molecular complexity index is 497. The Labute approximate surface area is 77.4 Å². The highest BCUT2D eigenvalue weighted by molar-refractivity contribution is 5.53. The van der Waals surface area contributed by atoms with E-state index in [2.05, 4.69) is 0 Å². The Morgan fingerprint density at radius 1 is 1.64 bits per heavy atom. The minimum Gasteiger partial charge on any atom is -0.490 e. The number of aromatic amines is 1. The van der Waals surface area contributed by atoms with Gasteiger partial charge in [0.05, 0.1) is 10.5 Å². The van der Waals surface area contributed by atoms with Crippen molar-refractivity contribution in [2.75, 3.05) is 0 Å². The van der Waals surface area contributed by atoms with Crippen LogP contribution in [-0.4, -0.2) is 15.0 Å². The number of aromatic nitrogens is 1. The molecule has 0 radical (unpaired) electrons. The van der Waals surface area contributed by atoms with E-state index in [1.54, 1.807) is 0 Å². The van der Waals surface area contributed by atoms with Crippen molar-refractivity contribution in [3.05, 3.63) is 31.6 Å². The van der Waals surface area contributed by atoms with Crippen LogP contribution in [0.1, 0.15) is 11.1 Å². The molecule has 14 heavy (non-hydrogen) atoms. The van der Waals surface area contributed by atoms with Gasteiger partial charge in [-0.05, 0) is 6.92 Å². The van der Waals surface area contributed by atoms with Gasteiger partial charge in [-0.3, -0.25) is 19.9 Å². The standard InChI is InChI=1S/C7H5N3O4/c1-3-4(2-8)6(11)9-7(12)5(3)10(13)14/h1H3,(H2,9,11,12). The first kappa shape index (κ1) is 9.73. The first-order valence-corrected chi connectivity index (χ1v) is 3.49. The average molecular weight is 195 g/mol. The molecule has 0 aliphatic rings. The molecule has 0 fully saturated rings. The van der Waals surface area contributed by atoms with E-state index in [0.29, 0.717) is 0 Å². The number of nitriles is 1. The summed E-state index contributed by atoms with van der Waals surface area (Å²) >= 11 is 0. The second kappa shape index (κ2) is 3.18. The van der Waals surface area contributed by atoms with Gasteiger partial charge in [0.15, 0.2) is 0 Å². The van der Waals surface area contributed by atoms with E-state index in [4.69, 9.17) is 10.4 Å². The normalized spacial score (nSPS) is 9.43. The van der Waals surface area contributed by atoms with Crippen LogP contribution in [0.25, 0.3) is 0 Å². The monoisotopic (exact) mass is 195 g/mol. The van der Waals surface area contributed by atoms with Crippen LogP contribution in [0, 0.1) is 28.4 Å². The summed E-state index contributed by atoms with van der Waals surface area (Å²) in [5.74, 6) is -0.837. The second-order valence-corrected chi connectivity index (χ2v) is 2.52. The van der Waals surface area contributed by atoms with E-state index in [1.165, 1.54) is 13.0 Å². The van der Waals surface area contributed by atoms with E-state index in [-0.39, 0.29) is 11.1 Å². The largest absolute Gasteiger partial charge is 0.490 e. The molecule has 0 spiro atoms. The molecule has 0 aliphatic heterocycles. The van der Waals surface area contributed by atoms with E-state index < -0.39 is 22.0 Å². The Kier molecular flexibility index (Phi) is 2.21. The van der Waals surface area contributed by atoms with E-state index >= 15 is 0 Å². The summed E-state index contributed by atoms with van der Waals surface area (Å²) in [4.78, 5) is 22.4. The van der Waals surface area contributed by atoms with Crippen molar-refractivity contribution in [2.24, 2.45) is 0 Å². The number of H-pyrrole nitrogens is 1. The van der Waals surface area contributed by atoms with Gasteiger partial charge in [0, 0.05) is 0 Å². The van der Waals surface area contributed by atoms with Crippen LogP contribution >= 0.6 is 0 Å². The lowest BCUT2D eigenvalue weighted by Gasteiger charge is -1.99. The molecule has 0 aliphatic carbocycles. The number of nitrogens with one attached hydrogen (secondary N) is 1. The number of rotatable bonds is 1. The van der Waals surface area contributed by atoms with Crippen molar-refractivity contribution in [3.63, 3.8) is 0 Å². The van der Waals surface area contributed by atoms with E-state index in [9.17, 15) is 14.9 Å². The molecule has 7 nitrogen and oxygen atoms in total. The van der Waals surface area contributed by atoms with Crippen molar-refractivity contribution in [2.45, 2.75) is 6.92 Å². The zero-order valence-corrected chi connectivity index (χ0v) is 7.07. The number of aromatic hydroxyl groups is 1. The van der Waals surface area contributed by atoms with Gasteiger partial charge in [-0.25, -0.2) is 0 Å². The molecule has 0 saturated heterocycles. The second-order valence-electron chi connectivity index (χ2n) is 2.52. The van der Waals surface area contributed by atoms with Crippen LogP contribution in [-0.2, 0) is 0 Å². The van der Waals surface area contributed by atoms with Gasteiger partial charge in [-0.2, -0.15) is 5.26 Å². The average Bonchev–Trinajstić information content (AvgIpc) is 2.02. The number of nitrogens with zero attached hydrogens (tertiary/aromatic N) is 2. The molecule has 0 aromatic carbocycles. The van der Waals surface area contributed by atoms with Crippen molar-refractivity contribution in [1.29, 1.82) is 5.26 Å². The number of hydrogen-bond acceptors (Lipinski definition) is 5. The van der Waals surface area contributed by atoms with Crippen LogP contribution in [0.5, 0.6) is 5.88 Å². The van der Waals surface area contributed by atoms with Crippen LogP contribution in [0.3, 0.4) is 0 Å². The third-order valence-electron chi connectivity index (χ3n) is 1.71. The maximum atomic E-state index is 11.0. The van der Waals surface area contributed by atoms with Crippen molar-refractivity contribution in [3.8, 4) is 11.9 Å². The predicted molar refractivity (Wildman–Crippen MR) is 44.8 cm³/mol. The molecular weight excluding hydrogens is 190 g/mol. The van der Waals surface area contributed by atoms with Gasteiger partial charge in [-0.1, -0.05) is 0 Å². The molecule has 72 valence electrons. The maximum absolute atomic E-state index is 11.0. The summed E-state index contributed by atoms with van der Waals surface area (Å²) in [5.41, 5.74) is -2.00. The minimum absolute atomic E-state index is 0.140. The Hall–Kier alpha value is -2.36. The summed E-state index contributed by atoms with van der Waals surface area (Å²) in [5, 5.41) is 28.0. The van der Waals surface area contributed by atoms with E-state index in [1.807, 2.05) is 4.98 Å². The fourth-order valence-electron chi connectivity index (χ4n) is 1.05. The molecule has 1 rings (SSSR count). The third-order valence-corrected chi connectivity index (χ3v) is 1.71. The highest BCUT2D eigenvalue weighted by Crippen LogP contribution is 2.26. The topological polar surface area (TPSA) is 120 Å². The number of pyridine rings is 1. The third kappa shape index (κ3) is 1.29. The fraction of sp³-hybridized carbons (Fsp3) is 0.143. The zero-order valence-electron chi connectivity index (χ0n) is 7.07. The predicted octanol–water partition coefficient (Wildman–Crippen LogP) is 0.169. The Morgan fingerprint density at radius 2 is 2.21 bits per heavy atom. The summed E-state index contributed by atoms with van der Waals surface area (Å²) < 4.78 is 0. The van der Waals surface area contributed by atoms with Crippen molar-refractivity contribution >= 4 is 5.69 Å². The number of nitro groups is 1. The van der Waals surface area contributed by atoms with Gasteiger partial charge in [0.1, 0.15) is 11.6 Å². The summed E-state index contributed by atoms with van der Waals surface area (Å²) in [6.45, 7) is 1.23. The smallest absolute Gasteiger partial charge is 0.333 e. The fourth-order valence-corrected chi connectivity index (χ4v) is 1.05. The lowest BCUT2D eigenvalue weighted by Crippen LogP contribution is -2.13. The molecule has 1 heterocycles.